The van der Waals surface area contributed by atoms with Crippen LogP contribution in [0.1, 0.15) is 37.8 Å². The lowest BCUT2D eigenvalue weighted by Gasteiger charge is -2.30. The van der Waals surface area contributed by atoms with Crippen molar-refractivity contribution in [2.24, 2.45) is 0 Å². The van der Waals surface area contributed by atoms with Crippen LogP contribution in [0.3, 0.4) is 0 Å². The summed E-state index contributed by atoms with van der Waals surface area (Å²) in [6.07, 6.45) is 3.18. The summed E-state index contributed by atoms with van der Waals surface area (Å²) in [6, 6.07) is 0. The summed E-state index contributed by atoms with van der Waals surface area (Å²) in [6.45, 7) is 2.65. The maximum atomic E-state index is 8.86. The molecule has 0 radical (unpaired) electrons. The van der Waals surface area contributed by atoms with Gasteiger partial charge >= 0.3 is 0 Å². The first-order chi connectivity index (χ1) is 6.74. The van der Waals surface area contributed by atoms with Crippen LogP contribution in [0.4, 0.5) is 0 Å². The van der Waals surface area contributed by atoms with Crippen LogP contribution in [-0.4, -0.2) is 26.9 Å². The van der Waals surface area contributed by atoms with Crippen LogP contribution in [0.25, 0.3) is 0 Å². The van der Waals surface area contributed by atoms with Gasteiger partial charge in [-0.1, -0.05) is 0 Å². The lowest BCUT2D eigenvalue weighted by molar-refractivity contribution is -0.0758. The monoisotopic (exact) mass is 197 g/mol. The summed E-state index contributed by atoms with van der Waals surface area (Å²) in [5, 5.41) is 15.6. The minimum atomic E-state index is -0.373. The van der Waals surface area contributed by atoms with E-state index in [0.717, 1.165) is 25.9 Å². The minimum absolute atomic E-state index is 0.108. The summed E-state index contributed by atoms with van der Waals surface area (Å²) >= 11 is 0. The Kier molecular flexibility index (Phi) is 2.52. The molecule has 1 aliphatic heterocycles. The third-order valence-electron chi connectivity index (χ3n) is 2.62. The highest BCUT2D eigenvalue weighted by Crippen LogP contribution is 2.32. The topological polar surface area (TPSA) is 71.0 Å². The number of nitrogens with one attached hydrogen (secondary N) is 1. The predicted molar refractivity (Wildman–Crippen MR) is 49.5 cm³/mol. The molecular weight excluding hydrogens is 182 g/mol. The second-order valence-electron chi connectivity index (χ2n) is 3.80. The first-order valence-corrected chi connectivity index (χ1v) is 4.91. The van der Waals surface area contributed by atoms with E-state index in [-0.39, 0.29) is 12.2 Å². The van der Waals surface area contributed by atoms with Gasteiger partial charge in [0, 0.05) is 6.61 Å². The van der Waals surface area contributed by atoms with Crippen molar-refractivity contribution >= 4 is 0 Å². The Hall–Kier alpha value is -0.940. The molecule has 1 unspecified atom stereocenters. The molecule has 2 N–H and O–H groups in total. The van der Waals surface area contributed by atoms with Crippen molar-refractivity contribution in [3.05, 3.63) is 11.6 Å². The van der Waals surface area contributed by atoms with Crippen LogP contribution in [0.5, 0.6) is 0 Å². The molecule has 5 nitrogen and oxygen atoms in total. The van der Waals surface area contributed by atoms with Crippen molar-refractivity contribution in [3.8, 4) is 0 Å². The first-order valence-electron chi connectivity index (χ1n) is 4.91. The van der Waals surface area contributed by atoms with Crippen LogP contribution in [-0.2, 0) is 16.9 Å². The highest BCUT2D eigenvalue weighted by atomic mass is 16.5. The van der Waals surface area contributed by atoms with E-state index in [9.17, 15) is 0 Å². The zero-order valence-electron chi connectivity index (χ0n) is 8.29. The van der Waals surface area contributed by atoms with E-state index in [0.29, 0.717) is 11.6 Å². The van der Waals surface area contributed by atoms with E-state index < -0.39 is 0 Å². The van der Waals surface area contributed by atoms with Crippen molar-refractivity contribution in [1.29, 1.82) is 0 Å². The van der Waals surface area contributed by atoms with E-state index in [1.807, 2.05) is 6.92 Å². The smallest absolute Gasteiger partial charge is 0.182 e. The number of nitrogens with zero attached hydrogens (tertiary/aromatic N) is 2. The average molecular weight is 197 g/mol. The Balaban J connectivity index is 2.19. The minimum Gasteiger partial charge on any atom is -0.388 e. The third kappa shape index (κ3) is 1.65. The molecule has 0 saturated carbocycles. The molecule has 2 rings (SSSR count). The van der Waals surface area contributed by atoms with E-state index in [4.69, 9.17) is 9.84 Å². The molecule has 0 aliphatic carbocycles. The van der Waals surface area contributed by atoms with E-state index in [2.05, 4.69) is 15.2 Å². The van der Waals surface area contributed by atoms with Gasteiger partial charge in [-0.25, -0.2) is 4.98 Å². The number of H-pyrrole nitrogens is 1. The second kappa shape index (κ2) is 3.67. The van der Waals surface area contributed by atoms with Gasteiger partial charge in [0.25, 0.3) is 0 Å². The number of aromatic nitrogens is 3. The largest absolute Gasteiger partial charge is 0.388 e. The molecule has 1 aromatic heterocycles. The number of aliphatic hydroxyl groups excluding tert-OH is 1. The fraction of sp³-hybridized carbons (Fsp3) is 0.778. The van der Waals surface area contributed by atoms with Crippen LogP contribution in [0.2, 0.25) is 0 Å². The van der Waals surface area contributed by atoms with Crippen molar-refractivity contribution in [2.45, 2.75) is 38.4 Å². The SMILES string of the molecule is CC1(c2n[nH]c(CO)n2)CCCCO1. The highest BCUT2D eigenvalue weighted by Gasteiger charge is 2.33. The van der Waals surface area contributed by atoms with Crippen molar-refractivity contribution in [1.82, 2.24) is 15.2 Å². The Morgan fingerprint density at radius 2 is 2.43 bits per heavy atom. The number of rotatable bonds is 2. The third-order valence-corrected chi connectivity index (χ3v) is 2.62. The van der Waals surface area contributed by atoms with E-state index >= 15 is 0 Å². The van der Waals surface area contributed by atoms with Gasteiger partial charge in [0.1, 0.15) is 18.0 Å². The fourth-order valence-corrected chi connectivity index (χ4v) is 1.71. The number of hydrogen-bond acceptors (Lipinski definition) is 4. The zero-order chi connectivity index (χ0) is 10.0. The van der Waals surface area contributed by atoms with Crippen molar-refractivity contribution < 1.29 is 9.84 Å². The molecule has 0 bridgehead atoms. The molecule has 0 spiro atoms. The molecule has 2 heterocycles. The normalized spacial score (nSPS) is 27.9. The molecule has 1 atom stereocenters. The lowest BCUT2D eigenvalue weighted by Crippen LogP contribution is -2.31. The Morgan fingerprint density at radius 1 is 1.57 bits per heavy atom. The molecule has 1 fully saturated rings. The second-order valence-corrected chi connectivity index (χ2v) is 3.80. The standard InChI is InChI=1S/C9H15N3O2/c1-9(4-2-3-5-14-9)8-10-7(6-13)11-12-8/h13H,2-6H2,1H3,(H,10,11,12). The number of aromatic amines is 1. The molecule has 1 aromatic rings. The fourth-order valence-electron chi connectivity index (χ4n) is 1.71. The molecule has 78 valence electrons. The van der Waals surface area contributed by atoms with Gasteiger partial charge in [-0.2, -0.15) is 5.10 Å². The van der Waals surface area contributed by atoms with Gasteiger partial charge in [0.05, 0.1) is 0 Å². The maximum Gasteiger partial charge on any atom is 0.182 e. The Morgan fingerprint density at radius 3 is 3.00 bits per heavy atom. The van der Waals surface area contributed by atoms with Crippen LogP contribution >= 0.6 is 0 Å². The number of aliphatic hydroxyl groups is 1. The number of hydrogen-bond donors (Lipinski definition) is 2. The van der Waals surface area contributed by atoms with Gasteiger partial charge in [-0.05, 0) is 26.2 Å². The molecule has 5 heteroatoms. The summed E-state index contributed by atoms with van der Waals surface area (Å²) in [5.41, 5.74) is -0.373. The van der Waals surface area contributed by atoms with Crippen molar-refractivity contribution in [3.63, 3.8) is 0 Å². The van der Waals surface area contributed by atoms with Gasteiger partial charge in [-0.15, -0.1) is 0 Å². The molecule has 0 amide bonds. The zero-order valence-corrected chi connectivity index (χ0v) is 8.29. The Bertz CT molecular complexity index is 305. The quantitative estimate of drug-likeness (QED) is 0.732. The van der Waals surface area contributed by atoms with Gasteiger partial charge in [0.2, 0.25) is 0 Å². The van der Waals surface area contributed by atoms with Gasteiger partial charge in [-0.3, -0.25) is 5.10 Å². The van der Waals surface area contributed by atoms with Gasteiger partial charge < -0.3 is 9.84 Å². The molecule has 14 heavy (non-hydrogen) atoms. The van der Waals surface area contributed by atoms with E-state index in [1.165, 1.54) is 0 Å². The number of ether oxygens (including phenoxy) is 1. The highest BCUT2D eigenvalue weighted by molar-refractivity contribution is 5.02. The molecule has 1 aliphatic rings. The molecule has 0 aromatic carbocycles. The summed E-state index contributed by atoms with van der Waals surface area (Å²) < 4.78 is 5.68. The lowest BCUT2D eigenvalue weighted by atomic mass is 9.95. The van der Waals surface area contributed by atoms with Gasteiger partial charge in [0.15, 0.2) is 5.82 Å². The van der Waals surface area contributed by atoms with Crippen LogP contribution in [0.15, 0.2) is 0 Å². The molecular formula is C9H15N3O2. The average Bonchev–Trinajstić information content (AvgIpc) is 2.67. The maximum absolute atomic E-state index is 8.86. The van der Waals surface area contributed by atoms with Crippen LogP contribution < -0.4 is 0 Å². The van der Waals surface area contributed by atoms with E-state index in [1.54, 1.807) is 0 Å². The predicted octanol–water partition coefficient (Wildman–Crippen LogP) is 0.713. The molecule has 1 saturated heterocycles. The summed E-state index contributed by atoms with van der Waals surface area (Å²) in [5.74, 6) is 1.15. The van der Waals surface area contributed by atoms with Crippen molar-refractivity contribution in [2.75, 3.05) is 6.61 Å². The van der Waals surface area contributed by atoms with Crippen LogP contribution in [0, 0.1) is 0 Å². The Labute approximate surface area is 82.5 Å². The summed E-state index contributed by atoms with van der Waals surface area (Å²) in [4.78, 5) is 4.18. The summed E-state index contributed by atoms with van der Waals surface area (Å²) in [7, 11) is 0. The first kappa shape index (κ1) is 9.61.